The summed E-state index contributed by atoms with van der Waals surface area (Å²) in [5, 5.41) is 11.8. The molecule has 2 aromatic rings. The predicted molar refractivity (Wildman–Crippen MR) is 86.2 cm³/mol. The number of hydrogen-bond acceptors (Lipinski definition) is 4. The van der Waals surface area contributed by atoms with Gasteiger partial charge in [0.15, 0.2) is 0 Å². The maximum atomic E-state index is 8.69. The van der Waals surface area contributed by atoms with Crippen molar-refractivity contribution in [2.75, 3.05) is 6.61 Å². The number of rotatable bonds is 4. The first-order valence-electron chi connectivity index (χ1n) is 6.42. The minimum Gasteiger partial charge on any atom is -0.395 e. The van der Waals surface area contributed by atoms with Gasteiger partial charge in [0.1, 0.15) is 0 Å². The van der Waals surface area contributed by atoms with Gasteiger partial charge in [-0.1, -0.05) is 11.8 Å². The highest BCUT2D eigenvalue weighted by atomic mass is 32.2. The molecule has 0 aromatic carbocycles. The van der Waals surface area contributed by atoms with Gasteiger partial charge >= 0.3 is 0 Å². The molecule has 0 fully saturated rings. The first-order chi connectivity index (χ1) is 9.67. The van der Waals surface area contributed by atoms with Crippen LogP contribution in [0.25, 0.3) is 0 Å². The average molecular weight is 303 g/mol. The van der Waals surface area contributed by atoms with E-state index in [2.05, 4.69) is 47.3 Å². The second-order valence-corrected chi connectivity index (χ2v) is 6.48. The van der Waals surface area contributed by atoms with E-state index in [1.807, 2.05) is 6.92 Å². The van der Waals surface area contributed by atoms with Crippen molar-refractivity contribution in [3.63, 3.8) is 0 Å². The van der Waals surface area contributed by atoms with Crippen molar-refractivity contribution in [1.29, 1.82) is 0 Å². The lowest BCUT2D eigenvalue weighted by molar-refractivity contribution is 0.305. The smallest absolute Gasteiger partial charge is 0.0969 e. The van der Waals surface area contributed by atoms with Gasteiger partial charge in [0.05, 0.1) is 11.6 Å². The fourth-order valence-electron chi connectivity index (χ4n) is 1.77. The highest BCUT2D eigenvalue weighted by Crippen LogP contribution is 2.25. The van der Waals surface area contributed by atoms with Gasteiger partial charge in [0.2, 0.25) is 0 Å². The summed E-state index contributed by atoms with van der Waals surface area (Å²) in [7, 11) is 0. The molecule has 0 aliphatic carbocycles. The van der Waals surface area contributed by atoms with Crippen molar-refractivity contribution in [2.45, 2.75) is 31.0 Å². The molecule has 2 aromatic heterocycles. The second-order valence-electron chi connectivity index (χ2n) is 4.49. The number of aryl methyl sites for hydroxylation is 2. The Hall–Kier alpha value is -1.28. The summed E-state index contributed by atoms with van der Waals surface area (Å²) in [4.78, 5) is 5.82. The van der Waals surface area contributed by atoms with Crippen molar-refractivity contribution >= 4 is 23.1 Å². The number of thiophene rings is 1. The van der Waals surface area contributed by atoms with Gasteiger partial charge in [-0.15, -0.1) is 23.1 Å². The zero-order valence-electron chi connectivity index (χ0n) is 11.6. The number of hydrogen-bond donors (Lipinski definition) is 1. The summed E-state index contributed by atoms with van der Waals surface area (Å²) in [5.74, 6) is 6.92. The normalized spacial score (nSPS) is 10.2. The highest BCUT2D eigenvalue weighted by Gasteiger charge is 2.02. The van der Waals surface area contributed by atoms with E-state index in [9.17, 15) is 0 Å². The lowest BCUT2D eigenvalue weighted by atomic mass is 10.3. The van der Waals surface area contributed by atoms with Crippen LogP contribution in [0.4, 0.5) is 0 Å². The summed E-state index contributed by atoms with van der Waals surface area (Å²) in [5.41, 5.74) is 3.35. The summed E-state index contributed by atoms with van der Waals surface area (Å²) in [6.07, 6.45) is 0.534. The molecule has 0 saturated carbocycles. The van der Waals surface area contributed by atoms with Gasteiger partial charge in [-0.2, -0.15) is 0 Å². The van der Waals surface area contributed by atoms with Gasteiger partial charge in [0, 0.05) is 33.7 Å². The summed E-state index contributed by atoms with van der Waals surface area (Å²) < 4.78 is 0. The lowest BCUT2D eigenvalue weighted by Crippen LogP contribution is -1.87. The molecule has 0 atom stereocenters. The Bertz CT molecular complexity index is 617. The number of aromatic nitrogens is 1. The molecule has 0 radical (unpaired) electrons. The van der Waals surface area contributed by atoms with Crippen LogP contribution in [0.1, 0.15) is 28.1 Å². The minimum absolute atomic E-state index is 0.123. The third-order valence-corrected chi connectivity index (χ3v) is 4.64. The molecule has 20 heavy (non-hydrogen) atoms. The quantitative estimate of drug-likeness (QED) is 0.689. The molecule has 2 rings (SSSR count). The third-order valence-electron chi connectivity index (χ3n) is 2.56. The minimum atomic E-state index is 0.123. The zero-order chi connectivity index (χ0) is 14.4. The van der Waals surface area contributed by atoms with Crippen molar-refractivity contribution in [3.05, 3.63) is 45.3 Å². The molecule has 0 spiro atoms. The Morgan fingerprint density at radius 3 is 2.90 bits per heavy atom. The van der Waals surface area contributed by atoms with Crippen LogP contribution in [-0.4, -0.2) is 16.7 Å². The number of aliphatic hydroxyl groups is 1. The Kier molecular flexibility index (Phi) is 5.66. The van der Waals surface area contributed by atoms with Crippen LogP contribution in [0.2, 0.25) is 0 Å². The highest BCUT2D eigenvalue weighted by molar-refractivity contribution is 7.98. The molecular formula is C16H17NOS2. The Morgan fingerprint density at radius 1 is 1.30 bits per heavy atom. The van der Waals surface area contributed by atoms with Gasteiger partial charge in [0.25, 0.3) is 0 Å². The van der Waals surface area contributed by atoms with Crippen LogP contribution in [0.15, 0.2) is 28.6 Å². The van der Waals surface area contributed by atoms with Crippen LogP contribution < -0.4 is 0 Å². The standard InChI is InChI=1S/C16H17NOS2/c1-12-7-13(2)17-16(8-12)20-11-15-9-14(10-19-15)5-3-4-6-18/h7-10,18H,4,6,11H2,1-2H3. The molecule has 2 nitrogen and oxygen atoms in total. The van der Waals surface area contributed by atoms with Crippen molar-refractivity contribution in [1.82, 2.24) is 4.98 Å². The molecule has 104 valence electrons. The molecule has 0 amide bonds. The number of aliphatic hydroxyl groups excluding tert-OH is 1. The van der Waals surface area contributed by atoms with Crippen LogP contribution in [-0.2, 0) is 5.75 Å². The monoisotopic (exact) mass is 303 g/mol. The fraction of sp³-hybridized carbons (Fsp3) is 0.312. The molecule has 0 bridgehead atoms. The van der Waals surface area contributed by atoms with E-state index in [0.717, 1.165) is 22.0 Å². The third kappa shape index (κ3) is 4.68. The molecule has 0 aliphatic heterocycles. The molecule has 1 N–H and O–H groups in total. The van der Waals surface area contributed by atoms with Gasteiger partial charge < -0.3 is 5.11 Å². The average Bonchev–Trinajstić information content (AvgIpc) is 2.84. The van der Waals surface area contributed by atoms with E-state index in [0.29, 0.717) is 6.42 Å². The molecule has 0 unspecified atom stereocenters. The van der Waals surface area contributed by atoms with Crippen molar-refractivity contribution in [3.8, 4) is 11.8 Å². The van der Waals surface area contributed by atoms with E-state index in [1.54, 1.807) is 23.1 Å². The van der Waals surface area contributed by atoms with E-state index >= 15 is 0 Å². The van der Waals surface area contributed by atoms with Crippen molar-refractivity contribution < 1.29 is 5.11 Å². The number of thioether (sulfide) groups is 1. The Balaban J connectivity index is 1.96. The zero-order valence-corrected chi connectivity index (χ0v) is 13.3. The van der Waals surface area contributed by atoms with Gasteiger partial charge in [-0.3, -0.25) is 0 Å². The summed E-state index contributed by atoms with van der Waals surface area (Å²) in [6, 6.07) is 6.32. The predicted octanol–water partition coefficient (Wildman–Crippen LogP) is 3.79. The van der Waals surface area contributed by atoms with E-state index in [-0.39, 0.29) is 6.61 Å². The summed E-state index contributed by atoms with van der Waals surface area (Å²) >= 11 is 3.48. The van der Waals surface area contributed by atoms with Crippen LogP contribution in [0.5, 0.6) is 0 Å². The summed E-state index contributed by atoms with van der Waals surface area (Å²) in [6.45, 7) is 4.24. The SMILES string of the molecule is Cc1cc(C)nc(SCc2cc(C#CCCO)cs2)c1. The second kappa shape index (κ2) is 7.49. The van der Waals surface area contributed by atoms with E-state index < -0.39 is 0 Å². The maximum absolute atomic E-state index is 8.69. The molecule has 0 aliphatic rings. The van der Waals surface area contributed by atoms with Crippen molar-refractivity contribution in [2.24, 2.45) is 0 Å². The first kappa shape index (κ1) is 15.1. The molecular weight excluding hydrogens is 286 g/mol. The fourth-order valence-corrected chi connectivity index (χ4v) is 3.67. The number of nitrogens with zero attached hydrogens (tertiary/aromatic N) is 1. The largest absolute Gasteiger partial charge is 0.395 e. The first-order valence-corrected chi connectivity index (χ1v) is 8.29. The van der Waals surface area contributed by atoms with Crippen LogP contribution in [0.3, 0.4) is 0 Å². The van der Waals surface area contributed by atoms with Gasteiger partial charge in [-0.05, 0) is 37.6 Å². The number of pyridine rings is 1. The van der Waals surface area contributed by atoms with Crippen LogP contribution >= 0.6 is 23.1 Å². The van der Waals surface area contributed by atoms with Gasteiger partial charge in [-0.25, -0.2) is 4.98 Å². The van der Waals surface area contributed by atoms with E-state index in [4.69, 9.17) is 5.11 Å². The van der Waals surface area contributed by atoms with Crippen LogP contribution in [0, 0.1) is 25.7 Å². The lowest BCUT2D eigenvalue weighted by Gasteiger charge is -2.02. The Morgan fingerprint density at radius 2 is 2.15 bits per heavy atom. The molecule has 4 heteroatoms. The Labute approximate surface area is 128 Å². The topological polar surface area (TPSA) is 33.1 Å². The molecule has 0 saturated heterocycles. The van der Waals surface area contributed by atoms with E-state index in [1.165, 1.54) is 10.4 Å². The maximum Gasteiger partial charge on any atom is 0.0969 e. The molecule has 2 heterocycles.